The van der Waals surface area contributed by atoms with Gasteiger partial charge in [-0.3, -0.25) is 24.0 Å². The van der Waals surface area contributed by atoms with Gasteiger partial charge >= 0.3 is 17.9 Å². The zero-order valence-electron chi connectivity index (χ0n) is 20.0. The molecule has 5 unspecified atom stereocenters. The van der Waals surface area contributed by atoms with Crippen molar-refractivity contribution in [3.05, 3.63) is 0 Å². The first-order valence-electron chi connectivity index (χ1n) is 11.0. The van der Waals surface area contributed by atoms with Crippen LogP contribution in [0.5, 0.6) is 0 Å². The number of amides is 2. The molecule has 0 aromatic heterocycles. The number of hydrogen-bond acceptors (Lipinski definition) is 11. The van der Waals surface area contributed by atoms with Crippen LogP contribution < -0.4 is 16.4 Å². The summed E-state index contributed by atoms with van der Waals surface area (Å²) in [6, 6.07) is -1.02. The van der Waals surface area contributed by atoms with E-state index in [4.69, 9.17) is 29.4 Å². The maximum atomic E-state index is 11.9. The summed E-state index contributed by atoms with van der Waals surface area (Å²) < 4.78 is 27.4. The number of nitrogens with two attached hydrogens (primary N) is 1. The van der Waals surface area contributed by atoms with E-state index < -0.39 is 54.5 Å². The molecule has 1 heterocycles. The average Bonchev–Trinajstić information content (AvgIpc) is 2.73. The van der Waals surface area contributed by atoms with Crippen LogP contribution in [0.2, 0.25) is 0 Å². The lowest BCUT2D eigenvalue weighted by molar-refractivity contribution is -0.277. The fourth-order valence-electron chi connectivity index (χ4n) is 3.32. The van der Waals surface area contributed by atoms with Crippen LogP contribution in [-0.4, -0.2) is 86.7 Å². The number of unbranched alkanes of at least 4 members (excludes halogenated alkanes) is 1. The van der Waals surface area contributed by atoms with Gasteiger partial charge in [0.05, 0.1) is 0 Å². The van der Waals surface area contributed by atoms with E-state index in [-0.39, 0.29) is 25.5 Å². The predicted octanol–water partition coefficient (Wildman–Crippen LogP) is -1.10. The number of nitrogens with one attached hydrogen (secondary N) is 2. The van der Waals surface area contributed by atoms with Gasteiger partial charge in [-0.05, 0) is 12.8 Å². The zero-order chi connectivity index (χ0) is 25.7. The first-order valence-corrected chi connectivity index (χ1v) is 11.0. The molecule has 1 saturated heterocycles. The van der Waals surface area contributed by atoms with Crippen LogP contribution in [0, 0.1) is 0 Å². The Hall–Kier alpha value is -2.77. The molecular formula is C21H35N3O10. The van der Waals surface area contributed by atoms with Gasteiger partial charge in [0.1, 0.15) is 18.8 Å². The quantitative estimate of drug-likeness (QED) is 0.162. The molecule has 1 fully saturated rings. The van der Waals surface area contributed by atoms with Gasteiger partial charge in [0.2, 0.25) is 11.8 Å². The standard InChI is InChI=1S/C21H35N3O10/c1-12(25)24-18-20(33-15(4)28)19(32-14(3)27)16(11-31-13(2)26)34-21(18)30-10-6-5-7-17(29)23-9-8-22/h16,18-21H,5-11,22H2,1-4H3,(H,23,29)(H,24,25). The third-order valence-electron chi connectivity index (χ3n) is 4.62. The molecule has 0 spiro atoms. The molecule has 4 N–H and O–H groups in total. The maximum Gasteiger partial charge on any atom is 0.303 e. The van der Waals surface area contributed by atoms with Gasteiger partial charge in [-0.1, -0.05) is 0 Å². The van der Waals surface area contributed by atoms with E-state index in [2.05, 4.69) is 10.6 Å². The average molecular weight is 490 g/mol. The lowest BCUT2D eigenvalue weighted by atomic mass is 9.96. The van der Waals surface area contributed by atoms with Gasteiger partial charge in [-0.2, -0.15) is 0 Å². The fraction of sp³-hybridized carbons (Fsp3) is 0.762. The van der Waals surface area contributed by atoms with Gasteiger partial charge in [0.15, 0.2) is 18.5 Å². The van der Waals surface area contributed by atoms with Gasteiger partial charge in [-0.25, -0.2) is 0 Å². The predicted molar refractivity (Wildman–Crippen MR) is 116 cm³/mol. The van der Waals surface area contributed by atoms with Crippen molar-refractivity contribution < 1.29 is 47.7 Å². The summed E-state index contributed by atoms with van der Waals surface area (Å²) in [7, 11) is 0. The number of esters is 3. The largest absolute Gasteiger partial charge is 0.463 e. The summed E-state index contributed by atoms with van der Waals surface area (Å²) in [6.45, 7) is 5.37. The molecule has 13 nitrogen and oxygen atoms in total. The van der Waals surface area contributed by atoms with Crippen molar-refractivity contribution in [2.24, 2.45) is 5.73 Å². The van der Waals surface area contributed by atoms with E-state index in [1.54, 1.807) is 0 Å². The highest BCUT2D eigenvalue weighted by Crippen LogP contribution is 2.28. The molecule has 1 aliphatic rings. The molecule has 34 heavy (non-hydrogen) atoms. The highest BCUT2D eigenvalue weighted by atomic mass is 16.7. The van der Waals surface area contributed by atoms with Crippen molar-refractivity contribution in [2.75, 3.05) is 26.3 Å². The Balaban J connectivity index is 2.98. The van der Waals surface area contributed by atoms with Gasteiger partial charge in [0, 0.05) is 53.8 Å². The number of ether oxygens (including phenoxy) is 5. The summed E-state index contributed by atoms with van der Waals surface area (Å²) in [5.74, 6) is -2.56. The number of hydrogen-bond donors (Lipinski definition) is 3. The second kappa shape index (κ2) is 15.2. The van der Waals surface area contributed by atoms with E-state index >= 15 is 0 Å². The van der Waals surface area contributed by atoms with Crippen molar-refractivity contribution in [3.63, 3.8) is 0 Å². The molecule has 0 bridgehead atoms. The molecule has 13 heteroatoms. The molecule has 0 aromatic carbocycles. The van der Waals surface area contributed by atoms with E-state index in [9.17, 15) is 24.0 Å². The van der Waals surface area contributed by atoms with Crippen molar-refractivity contribution in [1.29, 1.82) is 0 Å². The smallest absolute Gasteiger partial charge is 0.303 e. The maximum absolute atomic E-state index is 11.9. The van der Waals surface area contributed by atoms with Crippen LogP contribution in [0.3, 0.4) is 0 Å². The zero-order valence-corrected chi connectivity index (χ0v) is 20.0. The van der Waals surface area contributed by atoms with Crippen LogP contribution in [0.4, 0.5) is 0 Å². The Kier molecular flexibility index (Phi) is 13.1. The normalized spacial score (nSPS) is 24.0. The van der Waals surface area contributed by atoms with E-state index in [0.29, 0.717) is 25.9 Å². The molecule has 1 aliphatic heterocycles. The summed E-state index contributed by atoms with van der Waals surface area (Å²) >= 11 is 0. The monoisotopic (exact) mass is 489 g/mol. The minimum Gasteiger partial charge on any atom is -0.463 e. The number of rotatable bonds is 13. The van der Waals surface area contributed by atoms with Crippen molar-refractivity contribution in [2.45, 2.75) is 77.6 Å². The van der Waals surface area contributed by atoms with Crippen molar-refractivity contribution in [1.82, 2.24) is 10.6 Å². The van der Waals surface area contributed by atoms with Crippen LogP contribution in [0.15, 0.2) is 0 Å². The Morgan fingerprint density at radius 2 is 1.56 bits per heavy atom. The summed E-state index contributed by atoms with van der Waals surface area (Å²) in [4.78, 5) is 58.4. The summed E-state index contributed by atoms with van der Waals surface area (Å²) in [6.07, 6.45) is -3.21. The van der Waals surface area contributed by atoms with Crippen LogP contribution in [0.1, 0.15) is 47.0 Å². The molecule has 194 valence electrons. The topological polar surface area (TPSA) is 182 Å². The lowest BCUT2D eigenvalue weighted by Crippen LogP contribution is -2.66. The molecule has 0 aliphatic carbocycles. The molecule has 2 amide bonds. The van der Waals surface area contributed by atoms with E-state index in [1.807, 2.05) is 0 Å². The Morgan fingerprint density at radius 3 is 2.12 bits per heavy atom. The molecule has 1 rings (SSSR count). The lowest BCUT2D eigenvalue weighted by Gasteiger charge is -2.44. The van der Waals surface area contributed by atoms with Crippen molar-refractivity contribution >= 4 is 29.7 Å². The first kappa shape index (κ1) is 29.3. The summed E-state index contributed by atoms with van der Waals surface area (Å²) in [5, 5.41) is 5.28. The minimum absolute atomic E-state index is 0.129. The van der Waals surface area contributed by atoms with Gasteiger partial charge in [-0.15, -0.1) is 0 Å². The Bertz CT molecular complexity index is 717. The number of carbonyl (C=O) groups excluding carboxylic acids is 5. The SMILES string of the molecule is CC(=O)NC1C(OCCCCC(=O)NCCN)OC(COC(C)=O)C(OC(C)=O)C1OC(C)=O. The third-order valence-corrected chi connectivity index (χ3v) is 4.62. The van der Waals surface area contributed by atoms with Crippen LogP contribution in [-0.2, 0) is 47.7 Å². The van der Waals surface area contributed by atoms with Gasteiger partial charge < -0.3 is 40.1 Å². The van der Waals surface area contributed by atoms with E-state index in [1.165, 1.54) is 13.8 Å². The van der Waals surface area contributed by atoms with Gasteiger partial charge in [0.25, 0.3) is 0 Å². The summed E-state index contributed by atoms with van der Waals surface area (Å²) in [5.41, 5.74) is 5.34. The van der Waals surface area contributed by atoms with E-state index in [0.717, 1.165) is 13.8 Å². The Labute approximate surface area is 198 Å². The van der Waals surface area contributed by atoms with Crippen LogP contribution in [0.25, 0.3) is 0 Å². The fourth-order valence-corrected chi connectivity index (χ4v) is 3.32. The molecule has 0 radical (unpaired) electrons. The van der Waals surface area contributed by atoms with Crippen molar-refractivity contribution in [3.8, 4) is 0 Å². The second-order valence-electron chi connectivity index (χ2n) is 7.69. The molecule has 0 saturated carbocycles. The first-order chi connectivity index (χ1) is 16.0. The molecule has 0 aromatic rings. The van der Waals surface area contributed by atoms with Crippen LogP contribution >= 0.6 is 0 Å². The highest BCUT2D eigenvalue weighted by molar-refractivity contribution is 5.75. The Morgan fingerprint density at radius 1 is 0.912 bits per heavy atom. The number of carbonyl (C=O) groups is 5. The minimum atomic E-state index is -1.18. The molecule has 5 atom stereocenters. The third kappa shape index (κ3) is 10.9. The highest BCUT2D eigenvalue weighted by Gasteiger charge is 2.51. The molecular weight excluding hydrogens is 454 g/mol. The second-order valence-corrected chi connectivity index (χ2v) is 7.69.